The first kappa shape index (κ1) is 18.0. The SMILES string of the molecule is CCn1cnnc1-c1cccc(NC(=O)CCC(=O)c2ccc(C)s2)c1. The maximum absolute atomic E-state index is 12.2. The number of nitrogens with zero attached hydrogens (tertiary/aromatic N) is 3. The molecule has 6 nitrogen and oxygen atoms in total. The Morgan fingerprint density at radius 3 is 2.77 bits per heavy atom. The van der Waals surface area contributed by atoms with E-state index < -0.39 is 0 Å². The van der Waals surface area contributed by atoms with Crippen LogP contribution in [0.1, 0.15) is 34.3 Å². The Kier molecular flexibility index (Phi) is 5.58. The van der Waals surface area contributed by atoms with Gasteiger partial charge in [0.1, 0.15) is 6.33 Å². The summed E-state index contributed by atoms with van der Waals surface area (Å²) in [5.41, 5.74) is 1.56. The lowest BCUT2D eigenvalue weighted by molar-refractivity contribution is -0.116. The fraction of sp³-hybridized carbons (Fsp3) is 0.263. The number of carbonyl (C=O) groups excluding carboxylic acids is 2. The molecule has 0 saturated carbocycles. The van der Waals surface area contributed by atoms with Crippen LogP contribution in [-0.4, -0.2) is 26.5 Å². The third kappa shape index (κ3) is 4.23. The van der Waals surface area contributed by atoms with Gasteiger partial charge in [-0.15, -0.1) is 21.5 Å². The maximum atomic E-state index is 12.2. The van der Waals surface area contributed by atoms with Crippen LogP contribution in [0.15, 0.2) is 42.7 Å². The first-order valence-electron chi connectivity index (χ1n) is 8.44. The molecule has 0 atom stereocenters. The van der Waals surface area contributed by atoms with Gasteiger partial charge in [0, 0.05) is 35.5 Å². The summed E-state index contributed by atoms with van der Waals surface area (Å²) in [6, 6.07) is 11.2. The van der Waals surface area contributed by atoms with Crippen LogP contribution in [0.5, 0.6) is 0 Å². The predicted octanol–water partition coefficient (Wildman–Crippen LogP) is 3.94. The van der Waals surface area contributed by atoms with Crippen molar-refractivity contribution in [1.82, 2.24) is 14.8 Å². The number of benzene rings is 1. The van der Waals surface area contributed by atoms with Crippen molar-refractivity contribution in [2.75, 3.05) is 5.32 Å². The smallest absolute Gasteiger partial charge is 0.224 e. The van der Waals surface area contributed by atoms with Crippen LogP contribution in [0.4, 0.5) is 5.69 Å². The number of anilines is 1. The van der Waals surface area contributed by atoms with Gasteiger partial charge in [0.15, 0.2) is 11.6 Å². The molecule has 0 aliphatic carbocycles. The van der Waals surface area contributed by atoms with Gasteiger partial charge in [0.05, 0.1) is 4.88 Å². The minimum Gasteiger partial charge on any atom is -0.326 e. The Hall–Kier alpha value is -2.80. The van der Waals surface area contributed by atoms with E-state index in [0.29, 0.717) is 10.6 Å². The lowest BCUT2D eigenvalue weighted by atomic mass is 10.1. The molecule has 1 N–H and O–H groups in total. The summed E-state index contributed by atoms with van der Waals surface area (Å²) in [6.07, 6.45) is 2.04. The normalized spacial score (nSPS) is 10.7. The van der Waals surface area contributed by atoms with Crippen molar-refractivity contribution in [2.24, 2.45) is 0 Å². The molecule has 3 rings (SSSR count). The lowest BCUT2D eigenvalue weighted by Gasteiger charge is -2.08. The van der Waals surface area contributed by atoms with Crippen molar-refractivity contribution >= 4 is 28.7 Å². The molecule has 0 saturated heterocycles. The fourth-order valence-corrected chi connectivity index (χ4v) is 3.44. The van der Waals surface area contributed by atoms with Crippen LogP contribution in [0.2, 0.25) is 0 Å². The van der Waals surface area contributed by atoms with Crippen molar-refractivity contribution in [3.63, 3.8) is 0 Å². The van der Waals surface area contributed by atoms with E-state index in [1.165, 1.54) is 11.3 Å². The van der Waals surface area contributed by atoms with Crippen LogP contribution in [0.3, 0.4) is 0 Å². The zero-order chi connectivity index (χ0) is 18.5. The number of aromatic nitrogens is 3. The van der Waals surface area contributed by atoms with E-state index in [1.807, 2.05) is 54.8 Å². The topological polar surface area (TPSA) is 76.9 Å². The number of hydrogen-bond donors (Lipinski definition) is 1. The molecular weight excluding hydrogens is 348 g/mol. The molecule has 0 fully saturated rings. The third-order valence-electron chi connectivity index (χ3n) is 3.96. The van der Waals surface area contributed by atoms with Gasteiger partial charge in [0.2, 0.25) is 5.91 Å². The number of Topliss-reactive ketones (excluding diaryl/α,β-unsaturated/α-hetero) is 1. The molecule has 0 aliphatic heterocycles. The second kappa shape index (κ2) is 8.05. The van der Waals surface area contributed by atoms with Crippen molar-refractivity contribution in [3.8, 4) is 11.4 Å². The summed E-state index contributed by atoms with van der Waals surface area (Å²) in [7, 11) is 0. The summed E-state index contributed by atoms with van der Waals surface area (Å²) in [5, 5.41) is 10.9. The zero-order valence-electron chi connectivity index (χ0n) is 14.7. The van der Waals surface area contributed by atoms with E-state index in [2.05, 4.69) is 15.5 Å². The molecule has 0 spiro atoms. The molecule has 2 heterocycles. The molecule has 26 heavy (non-hydrogen) atoms. The Bertz CT molecular complexity index is 929. The molecule has 0 radical (unpaired) electrons. The minimum atomic E-state index is -0.180. The average Bonchev–Trinajstić information content (AvgIpc) is 3.28. The summed E-state index contributed by atoms with van der Waals surface area (Å²) >= 11 is 1.46. The Morgan fingerprint density at radius 2 is 2.04 bits per heavy atom. The summed E-state index contributed by atoms with van der Waals surface area (Å²) in [6.45, 7) is 4.74. The highest BCUT2D eigenvalue weighted by molar-refractivity contribution is 7.14. The van der Waals surface area contributed by atoms with Gasteiger partial charge in [-0.05, 0) is 38.1 Å². The number of carbonyl (C=O) groups is 2. The molecule has 1 amide bonds. The van der Waals surface area contributed by atoms with E-state index in [4.69, 9.17) is 0 Å². The van der Waals surface area contributed by atoms with Crippen LogP contribution in [0, 0.1) is 6.92 Å². The van der Waals surface area contributed by atoms with Crippen molar-refractivity contribution in [2.45, 2.75) is 33.2 Å². The fourth-order valence-electron chi connectivity index (χ4n) is 2.60. The molecule has 0 aliphatic rings. The molecular formula is C19H20N4O2S. The van der Waals surface area contributed by atoms with E-state index in [0.717, 1.165) is 22.8 Å². The van der Waals surface area contributed by atoms with Gasteiger partial charge < -0.3 is 9.88 Å². The molecule has 0 bridgehead atoms. The van der Waals surface area contributed by atoms with Crippen LogP contribution in [0.25, 0.3) is 11.4 Å². The summed E-state index contributed by atoms with van der Waals surface area (Å²) in [5.74, 6) is 0.579. The number of hydrogen-bond acceptors (Lipinski definition) is 5. The Morgan fingerprint density at radius 1 is 1.19 bits per heavy atom. The highest BCUT2D eigenvalue weighted by Crippen LogP contribution is 2.21. The summed E-state index contributed by atoms with van der Waals surface area (Å²) in [4.78, 5) is 26.1. The van der Waals surface area contributed by atoms with Gasteiger partial charge in [-0.3, -0.25) is 9.59 Å². The highest BCUT2D eigenvalue weighted by Gasteiger charge is 2.12. The zero-order valence-corrected chi connectivity index (χ0v) is 15.5. The van der Waals surface area contributed by atoms with Crippen LogP contribution >= 0.6 is 11.3 Å². The maximum Gasteiger partial charge on any atom is 0.224 e. The number of rotatable bonds is 7. The van der Waals surface area contributed by atoms with Gasteiger partial charge in [-0.1, -0.05) is 12.1 Å². The lowest BCUT2D eigenvalue weighted by Crippen LogP contribution is -2.13. The van der Waals surface area contributed by atoms with Gasteiger partial charge in [-0.25, -0.2) is 0 Å². The molecule has 1 aromatic carbocycles. The second-order valence-corrected chi connectivity index (χ2v) is 7.19. The quantitative estimate of drug-likeness (QED) is 0.641. The molecule has 3 aromatic rings. The predicted molar refractivity (Wildman–Crippen MR) is 102 cm³/mol. The number of thiophene rings is 1. The Labute approximate surface area is 155 Å². The average molecular weight is 368 g/mol. The number of ketones is 1. The minimum absolute atomic E-state index is 0.00282. The largest absolute Gasteiger partial charge is 0.326 e. The van der Waals surface area contributed by atoms with E-state index in [-0.39, 0.29) is 24.5 Å². The standard InChI is InChI=1S/C19H20N4O2S/c1-3-23-12-20-22-19(23)14-5-4-6-15(11-14)21-18(25)10-8-16(24)17-9-7-13(2)26-17/h4-7,9,11-12H,3,8,10H2,1-2H3,(H,21,25). The molecule has 0 unspecified atom stereocenters. The first-order chi connectivity index (χ1) is 12.6. The first-order valence-corrected chi connectivity index (χ1v) is 9.26. The highest BCUT2D eigenvalue weighted by atomic mass is 32.1. The monoisotopic (exact) mass is 368 g/mol. The molecule has 2 aromatic heterocycles. The van der Waals surface area contributed by atoms with Crippen molar-refractivity contribution in [1.29, 1.82) is 0 Å². The molecule has 134 valence electrons. The summed E-state index contributed by atoms with van der Waals surface area (Å²) < 4.78 is 1.93. The van der Waals surface area contributed by atoms with E-state index >= 15 is 0 Å². The third-order valence-corrected chi connectivity index (χ3v) is 5.00. The van der Waals surface area contributed by atoms with Gasteiger partial charge >= 0.3 is 0 Å². The van der Waals surface area contributed by atoms with Gasteiger partial charge in [-0.2, -0.15) is 0 Å². The van der Waals surface area contributed by atoms with Gasteiger partial charge in [0.25, 0.3) is 0 Å². The Balaban J connectivity index is 1.61. The van der Waals surface area contributed by atoms with Crippen molar-refractivity contribution in [3.05, 3.63) is 52.5 Å². The van der Waals surface area contributed by atoms with Crippen LogP contribution < -0.4 is 5.32 Å². The number of aryl methyl sites for hydroxylation is 2. The van der Waals surface area contributed by atoms with Crippen molar-refractivity contribution < 1.29 is 9.59 Å². The number of amides is 1. The molecule has 7 heteroatoms. The number of nitrogens with one attached hydrogen (secondary N) is 1. The van der Waals surface area contributed by atoms with E-state index in [1.54, 1.807) is 6.33 Å². The second-order valence-electron chi connectivity index (χ2n) is 5.90. The van der Waals surface area contributed by atoms with E-state index in [9.17, 15) is 9.59 Å². The van der Waals surface area contributed by atoms with Crippen LogP contribution in [-0.2, 0) is 11.3 Å².